The highest BCUT2D eigenvalue weighted by Gasteiger charge is 2.39. The molecule has 18 nitrogen and oxygen atoms in total. The van der Waals surface area contributed by atoms with Crippen LogP contribution in [-0.4, -0.2) is 103 Å². The van der Waals surface area contributed by atoms with Crippen LogP contribution in [0.1, 0.15) is 39.5 Å². The minimum atomic E-state index is -4.33. The van der Waals surface area contributed by atoms with Crippen molar-refractivity contribution in [1.29, 1.82) is 0 Å². The van der Waals surface area contributed by atoms with Crippen molar-refractivity contribution in [2.45, 2.75) is 73.5 Å². The van der Waals surface area contributed by atoms with Gasteiger partial charge in [0.25, 0.3) is 5.69 Å². The normalized spacial score (nSPS) is 19.1. The van der Waals surface area contributed by atoms with Crippen molar-refractivity contribution in [2.75, 3.05) is 18.8 Å². The van der Waals surface area contributed by atoms with Crippen LogP contribution in [0, 0.1) is 10.1 Å². The smallest absolute Gasteiger partial charge is 0.326 e. The predicted molar refractivity (Wildman–Crippen MR) is 168 cm³/mol. The number of carbonyl (C=O) groups is 4. The van der Waals surface area contributed by atoms with Crippen LogP contribution < -0.4 is 15.2 Å². The maximum Gasteiger partial charge on any atom is 0.326 e. The summed E-state index contributed by atoms with van der Waals surface area (Å²) in [5.41, 5.74) is 5.11. The molecule has 0 bridgehead atoms. The molecular weight excluding hydrogens is 676 g/mol. The number of nitro benzene ring substituents is 1. The lowest BCUT2D eigenvalue weighted by atomic mass is 10.2. The molecule has 0 radical (unpaired) electrons. The lowest BCUT2D eigenvalue weighted by Gasteiger charge is -2.25. The van der Waals surface area contributed by atoms with Gasteiger partial charge in [0.2, 0.25) is 31.9 Å². The van der Waals surface area contributed by atoms with E-state index in [0.717, 1.165) is 17.0 Å². The molecule has 0 unspecified atom stereocenters. The van der Waals surface area contributed by atoms with Gasteiger partial charge in [0.1, 0.15) is 17.0 Å². The number of nitrogens with two attached hydrogens (primary N) is 1. The molecule has 0 aromatic heterocycles. The Morgan fingerprint density at radius 1 is 0.792 bits per heavy atom. The molecule has 2 amide bonds. The van der Waals surface area contributed by atoms with Gasteiger partial charge in [-0.1, -0.05) is 24.3 Å². The number of amides is 2. The lowest BCUT2D eigenvalue weighted by molar-refractivity contribution is -0.387. The first kappa shape index (κ1) is 37.8. The van der Waals surface area contributed by atoms with Crippen LogP contribution >= 0.6 is 0 Å². The summed E-state index contributed by atoms with van der Waals surface area (Å²) in [4.78, 5) is 58.8. The minimum Gasteiger partial charge on any atom is -0.480 e. The van der Waals surface area contributed by atoms with E-state index in [1.165, 1.54) is 49.1 Å². The topological polar surface area (TPSA) is 277 Å². The van der Waals surface area contributed by atoms with Gasteiger partial charge in [-0.05, 0) is 57.7 Å². The standard InChI is InChI=1S/C14H17N3O7S.C14H19N3O5S/c1-9(13(18)16-8-4-6-11(16)14(19)20)15-25(23,24)12-7-3-2-5-10(12)17(21)22;1-9(13(18)17-8-4-6-11(17)14(19)20)16-23(21,22)12-7-3-2-5-10(12)15/h2-3,5,7,9,11,15H,4,6,8H2,1H3,(H,19,20);2-3,5,7,9,11,16H,4,6,8,15H2,1H3,(H,19,20)/t2*9-,11-/m00/s1. The highest BCUT2D eigenvalue weighted by atomic mass is 32.2. The number of nitrogens with zero attached hydrogens (tertiary/aromatic N) is 3. The van der Waals surface area contributed by atoms with Crippen molar-refractivity contribution in [3.05, 3.63) is 58.6 Å². The van der Waals surface area contributed by atoms with Gasteiger partial charge in [0.15, 0.2) is 4.90 Å². The number of sulfonamides is 2. The van der Waals surface area contributed by atoms with Crippen LogP contribution in [-0.2, 0) is 39.2 Å². The number of aliphatic carboxylic acids is 2. The van der Waals surface area contributed by atoms with E-state index in [-0.39, 0.29) is 17.1 Å². The molecule has 20 heteroatoms. The molecule has 2 saturated heterocycles. The first-order chi connectivity index (χ1) is 22.4. The molecule has 2 fully saturated rings. The Hall–Kier alpha value is -4.66. The fraction of sp³-hybridized carbons (Fsp3) is 0.429. The zero-order valence-electron chi connectivity index (χ0n) is 25.9. The van der Waals surface area contributed by atoms with Crippen molar-refractivity contribution in [2.24, 2.45) is 0 Å². The van der Waals surface area contributed by atoms with Crippen molar-refractivity contribution in [3.8, 4) is 0 Å². The number of hydrogen-bond acceptors (Lipinski definition) is 11. The third-order valence-electron chi connectivity index (χ3n) is 7.61. The molecule has 2 aliphatic heterocycles. The maximum atomic E-state index is 12.4. The Kier molecular flexibility index (Phi) is 12.2. The number of benzene rings is 2. The summed E-state index contributed by atoms with van der Waals surface area (Å²) in [6, 6.07) is 6.43. The number of anilines is 1. The lowest BCUT2D eigenvalue weighted by Crippen LogP contribution is -2.50. The predicted octanol–water partition coefficient (Wildman–Crippen LogP) is 0.348. The van der Waals surface area contributed by atoms with Gasteiger partial charge in [-0.3, -0.25) is 19.7 Å². The summed E-state index contributed by atoms with van der Waals surface area (Å²) < 4.78 is 53.8. The monoisotopic (exact) mass is 712 g/mol. The Morgan fingerprint density at radius 3 is 1.60 bits per heavy atom. The first-order valence-corrected chi connectivity index (χ1v) is 17.5. The van der Waals surface area contributed by atoms with Crippen molar-refractivity contribution in [3.63, 3.8) is 0 Å². The van der Waals surface area contributed by atoms with E-state index < -0.39 is 83.5 Å². The number of hydrogen-bond donors (Lipinski definition) is 5. The molecule has 4 atom stereocenters. The number of rotatable bonds is 11. The SMILES string of the molecule is C[C@H](NS(=O)(=O)c1ccccc1N)C(=O)N1CCC[C@H]1C(=O)O.C[C@H](NS(=O)(=O)c1ccccc1[N+](=O)[O-])C(=O)N1CCC[C@H]1C(=O)O. The molecule has 262 valence electrons. The third-order valence-corrected chi connectivity index (χ3v) is 10.8. The number of likely N-dealkylation sites (tertiary alicyclic amines) is 2. The molecule has 0 spiro atoms. The summed E-state index contributed by atoms with van der Waals surface area (Å²) in [6.07, 6.45) is 1.75. The summed E-state index contributed by atoms with van der Waals surface area (Å²) in [5, 5.41) is 29.2. The number of carboxylic acids is 2. The van der Waals surface area contributed by atoms with Crippen LogP contribution in [0.2, 0.25) is 0 Å². The van der Waals surface area contributed by atoms with Gasteiger partial charge in [-0.25, -0.2) is 26.4 Å². The highest BCUT2D eigenvalue weighted by Crippen LogP contribution is 2.24. The second-order valence-electron chi connectivity index (χ2n) is 11.0. The Morgan fingerprint density at radius 2 is 1.19 bits per heavy atom. The van der Waals surface area contributed by atoms with E-state index in [0.29, 0.717) is 32.2 Å². The van der Waals surface area contributed by atoms with Crippen LogP contribution in [0.25, 0.3) is 0 Å². The molecule has 4 rings (SSSR count). The van der Waals surface area contributed by atoms with Gasteiger partial charge in [0.05, 0.1) is 22.7 Å². The Labute approximate surface area is 276 Å². The summed E-state index contributed by atoms with van der Waals surface area (Å²) in [7, 11) is -8.31. The van der Waals surface area contributed by atoms with E-state index in [9.17, 15) is 46.1 Å². The molecule has 0 aliphatic carbocycles. The van der Waals surface area contributed by atoms with Crippen LogP contribution in [0.5, 0.6) is 0 Å². The van der Waals surface area contributed by atoms with E-state index in [1.54, 1.807) is 6.07 Å². The van der Waals surface area contributed by atoms with Gasteiger partial charge in [-0.15, -0.1) is 0 Å². The van der Waals surface area contributed by atoms with Crippen LogP contribution in [0.4, 0.5) is 11.4 Å². The number of nitro groups is 1. The van der Waals surface area contributed by atoms with Crippen molar-refractivity contribution < 1.29 is 51.2 Å². The summed E-state index contributed by atoms with van der Waals surface area (Å²) in [5.74, 6) is -3.49. The summed E-state index contributed by atoms with van der Waals surface area (Å²) >= 11 is 0. The van der Waals surface area contributed by atoms with Crippen molar-refractivity contribution >= 4 is 55.2 Å². The van der Waals surface area contributed by atoms with Crippen LogP contribution in [0.3, 0.4) is 0 Å². The molecule has 48 heavy (non-hydrogen) atoms. The average molecular weight is 713 g/mol. The van der Waals surface area contributed by atoms with Gasteiger partial charge in [-0.2, -0.15) is 9.44 Å². The molecule has 2 aromatic carbocycles. The number of nitrogens with one attached hydrogen (secondary N) is 2. The average Bonchev–Trinajstić information content (AvgIpc) is 3.71. The number of carbonyl (C=O) groups excluding carboxylic acids is 2. The summed E-state index contributed by atoms with van der Waals surface area (Å²) in [6.45, 7) is 3.17. The first-order valence-electron chi connectivity index (χ1n) is 14.6. The molecule has 2 aromatic rings. The second kappa shape index (κ2) is 15.5. The van der Waals surface area contributed by atoms with E-state index in [4.69, 9.17) is 15.9 Å². The molecule has 2 heterocycles. The molecule has 6 N–H and O–H groups in total. The quantitative estimate of drug-likeness (QED) is 0.120. The number of carboxylic acid groups (broad SMARTS) is 2. The molecule has 2 aliphatic rings. The number of nitrogen functional groups attached to an aromatic ring is 1. The second-order valence-corrected chi connectivity index (χ2v) is 14.4. The van der Waals surface area contributed by atoms with Crippen LogP contribution in [0.15, 0.2) is 58.3 Å². The van der Waals surface area contributed by atoms with E-state index >= 15 is 0 Å². The Balaban J connectivity index is 0.000000261. The molecule has 0 saturated carbocycles. The van der Waals surface area contributed by atoms with Crippen molar-refractivity contribution in [1.82, 2.24) is 19.2 Å². The van der Waals surface area contributed by atoms with Gasteiger partial charge in [0, 0.05) is 19.2 Å². The maximum absolute atomic E-state index is 12.4. The fourth-order valence-electron chi connectivity index (χ4n) is 5.33. The third kappa shape index (κ3) is 8.82. The van der Waals surface area contributed by atoms with Gasteiger partial charge >= 0.3 is 11.9 Å². The van der Waals surface area contributed by atoms with E-state index in [1.807, 2.05) is 0 Å². The largest absolute Gasteiger partial charge is 0.480 e. The fourth-order valence-corrected chi connectivity index (χ4v) is 8.02. The number of para-hydroxylation sites is 2. The highest BCUT2D eigenvalue weighted by molar-refractivity contribution is 7.90. The molecular formula is C28H36N6O12S2. The zero-order valence-corrected chi connectivity index (χ0v) is 27.5. The van der Waals surface area contributed by atoms with E-state index in [2.05, 4.69) is 9.44 Å². The Bertz CT molecular complexity index is 1790. The van der Waals surface area contributed by atoms with Gasteiger partial charge < -0.3 is 25.7 Å². The minimum absolute atomic E-state index is 0.0734. The zero-order chi connectivity index (χ0) is 36.0.